The lowest BCUT2D eigenvalue weighted by Crippen LogP contribution is -2.29. The normalized spacial score (nSPS) is 15.9. The molecule has 1 unspecified atom stereocenters. The maximum atomic E-state index is 13.7. The van der Waals surface area contributed by atoms with Gasteiger partial charge in [-0.2, -0.15) is 5.10 Å². The van der Waals surface area contributed by atoms with E-state index in [4.69, 9.17) is 25.8 Å². The van der Waals surface area contributed by atoms with Gasteiger partial charge in [0.15, 0.2) is 11.5 Å². The first-order valence-corrected chi connectivity index (χ1v) is 12.3. The van der Waals surface area contributed by atoms with Crippen LogP contribution in [0.5, 0.6) is 17.2 Å². The highest BCUT2D eigenvalue weighted by atomic mass is 35.5. The monoisotopic (exact) mass is 501 g/mol. The lowest BCUT2D eigenvalue weighted by atomic mass is 9.96. The van der Waals surface area contributed by atoms with E-state index < -0.39 is 0 Å². The number of nitrogens with zero attached hydrogens (tertiary/aromatic N) is 2. The van der Waals surface area contributed by atoms with Gasteiger partial charge in [0, 0.05) is 22.7 Å². The van der Waals surface area contributed by atoms with Crippen molar-refractivity contribution in [1.29, 1.82) is 0 Å². The van der Waals surface area contributed by atoms with Crippen molar-refractivity contribution >= 4 is 17.5 Å². The quantitative estimate of drug-likeness (QED) is 0.336. The average Bonchev–Trinajstić information content (AvgIpc) is 3.60. The Balaban J connectivity index is 1.41. The molecule has 0 saturated carbocycles. The van der Waals surface area contributed by atoms with E-state index in [0.717, 1.165) is 40.1 Å². The second-order valence-electron chi connectivity index (χ2n) is 8.81. The number of carbonyl (C=O) groups is 1. The first-order valence-electron chi connectivity index (χ1n) is 11.9. The standard InChI is InChI=1S/C28H24ClN3O4/c1-2-13-34-21-10-6-19(7-11-21)27-24-25(18-4-8-20(29)9-5-18)30-31-26(24)28(33)32(27)15-17-3-12-22-23(14-17)36-16-35-22/h3-12,14,27H,2,13,15-16H2,1H3,(H,30,31). The highest BCUT2D eigenvalue weighted by Gasteiger charge is 2.42. The van der Waals surface area contributed by atoms with Crippen LogP contribution in [0.4, 0.5) is 0 Å². The lowest BCUT2D eigenvalue weighted by Gasteiger charge is -2.27. The number of hydrogen-bond acceptors (Lipinski definition) is 5. The van der Waals surface area contributed by atoms with E-state index in [9.17, 15) is 4.79 Å². The third-order valence-corrected chi connectivity index (χ3v) is 6.69. The molecule has 36 heavy (non-hydrogen) atoms. The predicted octanol–water partition coefficient (Wildman–Crippen LogP) is 5.99. The third kappa shape index (κ3) is 3.95. The number of amides is 1. The van der Waals surface area contributed by atoms with Crippen LogP contribution in [0.1, 0.15) is 46.6 Å². The Morgan fingerprint density at radius 3 is 2.61 bits per heavy atom. The third-order valence-electron chi connectivity index (χ3n) is 6.44. The summed E-state index contributed by atoms with van der Waals surface area (Å²) in [5.74, 6) is 2.10. The average molecular weight is 502 g/mol. The fourth-order valence-corrected chi connectivity index (χ4v) is 4.86. The van der Waals surface area contributed by atoms with Gasteiger partial charge < -0.3 is 19.1 Å². The number of rotatable bonds is 7. The molecule has 0 bridgehead atoms. The molecule has 8 heteroatoms. The number of nitrogens with one attached hydrogen (secondary N) is 1. The smallest absolute Gasteiger partial charge is 0.273 e. The summed E-state index contributed by atoms with van der Waals surface area (Å²) in [4.78, 5) is 15.5. The molecule has 7 nitrogen and oxygen atoms in total. The zero-order valence-corrected chi connectivity index (χ0v) is 20.4. The molecule has 0 fully saturated rings. The van der Waals surface area contributed by atoms with Crippen LogP contribution in [0.3, 0.4) is 0 Å². The SMILES string of the molecule is CCCOc1ccc(C2c3c(-c4ccc(Cl)cc4)n[nH]c3C(=O)N2Cc2ccc3c(c2)OCO3)cc1. The van der Waals surface area contributed by atoms with Crippen molar-refractivity contribution in [3.8, 4) is 28.5 Å². The molecule has 3 heterocycles. The molecule has 1 N–H and O–H groups in total. The molecule has 4 aromatic rings. The number of aromatic amines is 1. The molecule has 2 aliphatic heterocycles. The van der Waals surface area contributed by atoms with Gasteiger partial charge in [0.25, 0.3) is 5.91 Å². The maximum Gasteiger partial charge on any atom is 0.273 e. The zero-order valence-electron chi connectivity index (χ0n) is 19.7. The summed E-state index contributed by atoms with van der Waals surface area (Å²) >= 11 is 6.12. The number of halogens is 1. The minimum atomic E-state index is -0.331. The summed E-state index contributed by atoms with van der Waals surface area (Å²) in [6.45, 7) is 3.34. The van der Waals surface area contributed by atoms with Crippen molar-refractivity contribution < 1.29 is 19.0 Å². The first-order chi connectivity index (χ1) is 17.6. The second-order valence-corrected chi connectivity index (χ2v) is 9.24. The van der Waals surface area contributed by atoms with E-state index in [-0.39, 0.29) is 18.7 Å². The Labute approximate surface area is 213 Å². The van der Waals surface area contributed by atoms with Gasteiger partial charge in [0.1, 0.15) is 11.4 Å². The summed E-state index contributed by atoms with van der Waals surface area (Å²) in [7, 11) is 0. The molecular weight excluding hydrogens is 478 g/mol. The number of ether oxygens (including phenoxy) is 3. The van der Waals surface area contributed by atoms with Crippen LogP contribution in [0.2, 0.25) is 5.02 Å². The summed E-state index contributed by atoms with van der Waals surface area (Å²) < 4.78 is 16.8. The van der Waals surface area contributed by atoms with Crippen molar-refractivity contribution in [3.05, 3.63) is 94.1 Å². The maximum absolute atomic E-state index is 13.7. The van der Waals surface area contributed by atoms with Crippen LogP contribution in [-0.2, 0) is 6.54 Å². The Morgan fingerprint density at radius 2 is 1.83 bits per heavy atom. The van der Waals surface area contributed by atoms with Gasteiger partial charge >= 0.3 is 0 Å². The van der Waals surface area contributed by atoms with Crippen LogP contribution in [0.15, 0.2) is 66.7 Å². The van der Waals surface area contributed by atoms with E-state index in [0.29, 0.717) is 35.4 Å². The molecule has 182 valence electrons. The van der Waals surface area contributed by atoms with Crippen LogP contribution in [0, 0.1) is 0 Å². The zero-order chi connectivity index (χ0) is 24.6. The number of carbonyl (C=O) groups excluding carboxylic acids is 1. The molecule has 1 atom stereocenters. The largest absolute Gasteiger partial charge is 0.494 e. The lowest BCUT2D eigenvalue weighted by molar-refractivity contribution is 0.0730. The van der Waals surface area contributed by atoms with E-state index in [1.54, 1.807) is 0 Å². The van der Waals surface area contributed by atoms with Gasteiger partial charge in [0.05, 0.1) is 18.3 Å². The van der Waals surface area contributed by atoms with E-state index in [1.165, 1.54) is 0 Å². The number of benzene rings is 3. The van der Waals surface area contributed by atoms with Crippen LogP contribution in [0.25, 0.3) is 11.3 Å². The molecule has 0 saturated heterocycles. The Kier molecular flexibility index (Phi) is 5.77. The van der Waals surface area contributed by atoms with Gasteiger partial charge in [-0.1, -0.05) is 48.9 Å². The topological polar surface area (TPSA) is 76.7 Å². The number of fused-ring (bicyclic) bond motifs is 2. The summed E-state index contributed by atoms with van der Waals surface area (Å²) in [5, 5.41) is 8.18. The first kappa shape index (κ1) is 22.5. The van der Waals surface area contributed by atoms with Crippen LogP contribution in [-0.4, -0.2) is 34.4 Å². The Morgan fingerprint density at radius 1 is 1.06 bits per heavy atom. The van der Waals surface area contributed by atoms with Gasteiger partial charge in [-0.15, -0.1) is 0 Å². The Bertz CT molecular complexity index is 1420. The minimum absolute atomic E-state index is 0.105. The van der Waals surface area contributed by atoms with Crippen LogP contribution < -0.4 is 14.2 Å². The van der Waals surface area contributed by atoms with Gasteiger partial charge in [0.2, 0.25) is 6.79 Å². The molecule has 0 radical (unpaired) electrons. The van der Waals surface area contributed by atoms with E-state index in [2.05, 4.69) is 17.1 Å². The fraction of sp³-hybridized carbons (Fsp3) is 0.214. The van der Waals surface area contributed by atoms with Crippen molar-refractivity contribution in [2.24, 2.45) is 0 Å². The number of aromatic nitrogens is 2. The highest BCUT2D eigenvalue weighted by molar-refractivity contribution is 6.30. The minimum Gasteiger partial charge on any atom is -0.494 e. The summed E-state index contributed by atoms with van der Waals surface area (Å²) in [6, 6.07) is 20.9. The van der Waals surface area contributed by atoms with Gasteiger partial charge in [-0.25, -0.2) is 0 Å². The summed E-state index contributed by atoms with van der Waals surface area (Å²) in [5.41, 5.74) is 4.90. The molecule has 3 aromatic carbocycles. The molecular formula is C28H24ClN3O4. The molecule has 1 amide bonds. The molecule has 2 aliphatic rings. The molecule has 0 spiro atoms. The van der Waals surface area contributed by atoms with E-state index in [1.807, 2.05) is 71.6 Å². The van der Waals surface area contributed by atoms with Crippen LogP contribution >= 0.6 is 11.6 Å². The molecule has 1 aromatic heterocycles. The Hall–Kier alpha value is -3.97. The molecule has 0 aliphatic carbocycles. The highest BCUT2D eigenvalue weighted by Crippen LogP contribution is 2.44. The van der Waals surface area contributed by atoms with Crippen molar-refractivity contribution in [2.75, 3.05) is 13.4 Å². The van der Waals surface area contributed by atoms with Gasteiger partial charge in [-0.05, 0) is 53.9 Å². The molecule has 6 rings (SSSR count). The van der Waals surface area contributed by atoms with Crippen molar-refractivity contribution in [3.63, 3.8) is 0 Å². The van der Waals surface area contributed by atoms with Crippen molar-refractivity contribution in [1.82, 2.24) is 15.1 Å². The second kappa shape index (κ2) is 9.24. The number of hydrogen-bond donors (Lipinski definition) is 1. The van der Waals surface area contributed by atoms with E-state index >= 15 is 0 Å². The summed E-state index contributed by atoms with van der Waals surface area (Å²) in [6.07, 6.45) is 0.936. The number of H-pyrrole nitrogens is 1. The fourth-order valence-electron chi connectivity index (χ4n) is 4.74. The van der Waals surface area contributed by atoms with Crippen molar-refractivity contribution in [2.45, 2.75) is 25.9 Å². The predicted molar refractivity (Wildman–Crippen MR) is 136 cm³/mol. The van der Waals surface area contributed by atoms with Gasteiger partial charge in [-0.3, -0.25) is 9.89 Å².